The topological polar surface area (TPSA) is 189 Å². The highest BCUT2D eigenvalue weighted by molar-refractivity contribution is 5.80. The summed E-state index contributed by atoms with van der Waals surface area (Å²) in [6, 6.07) is -1.19. The van der Waals surface area contributed by atoms with Crippen LogP contribution < -0.4 is 5.32 Å². The molecule has 0 radical (unpaired) electrons. The van der Waals surface area contributed by atoms with Crippen molar-refractivity contribution < 1.29 is 50.0 Å². The molecule has 11 heteroatoms. The maximum atomic E-state index is 13.1. The minimum atomic E-state index is -1.67. The van der Waals surface area contributed by atoms with Gasteiger partial charge in [0.2, 0.25) is 5.91 Å². The second-order valence-electron chi connectivity index (χ2n) is 20.7. The number of hydrogen-bond acceptors (Lipinski definition) is 10. The molecule has 1 rings (SSSR count). The summed E-state index contributed by atoms with van der Waals surface area (Å²) >= 11 is 0. The first kappa shape index (κ1) is 65.6. The fourth-order valence-corrected chi connectivity index (χ4v) is 9.46. The lowest BCUT2D eigenvalue weighted by Gasteiger charge is -2.40. The Morgan fingerprint density at radius 1 is 0.493 bits per heavy atom. The van der Waals surface area contributed by atoms with Crippen molar-refractivity contribution in [3.63, 3.8) is 0 Å². The van der Waals surface area contributed by atoms with Gasteiger partial charge < -0.3 is 50.5 Å². The van der Waals surface area contributed by atoms with Crippen LogP contribution in [0.2, 0.25) is 0 Å². The maximum absolute atomic E-state index is 13.1. The SMILES string of the molecule is CCCCCCCCCCCCCCCCCCCCCC/C=C/CC/C=C/CCCC(O)C(O)C(COC1OC(CO)C(O)C(O)C1O)NC(=O)C(O)CCCCCCCCCCCCCCC. The smallest absolute Gasteiger partial charge is 0.249 e. The molecule has 69 heavy (non-hydrogen) atoms. The van der Waals surface area contributed by atoms with Gasteiger partial charge in [0.05, 0.1) is 25.4 Å². The third kappa shape index (κ3) is 36.2. The van der Waals surface area contributed by atoms with Crippen molar-refractivity contribution in [1.29, 1.82) is 0 Å². The predicted molar refractivity (Wildman–Crippen MR) is 284 cm³/mol. The zero-order chi connectivity index (χ0) is 50.4. The minimum Gasteiger partial charge on any atom is -0.394 e. The van der Waals surface area contributed by atoms with Crippen LogP contribution in [0.25, 0.3) is 0 Å². The van der Waals surface area contributed by atoms with Gasteiger partial charge in [-0.15, -0.1) is 0 Å². The van der Waals surface area contributed by atoms with E-state index in [0.717, 1.165) is 38.5 Å². The van der Waals surface area contributed by atoms with Gasteiger partial charge in [0.25, 0.3) is 0 Å². The third-order valence-corrected chi connectivity index (χ3v) is 14.2. The number of hydrogen-bond donors (Lipinski definition) is 8. The molecule has 0 aliphatic carbocycles. The third-order valence-electron chi connectivity index (χ3n) is 14.2. The van der Waals surface area contributed by atoms with Gasteiger partial charge in [-0.1, -0.05) is 244 Å². The summed E-state index contributed by atoms with van der Waals surface area (Å²) in [4.78, 5) is 13.1. The summed E-state index contributed by atoms with van der Waals surface area (Å²) in [6.45, 7) is 3.45. The monoisotopic (exact) mass is 982 g/mol. The number of nitrogens with one attached hydrogen (secondary N) is 1. The summed E-state index contributed by atoms with van der Waals surface area (Å²) < 4.78 is 11.1. The van der Waals surface area contributed by atoms with Crippen LogP contribution in [0.3, 0.4) is 0 Å². The van der Waals surface area contributed by atoms with Gasteiger partial charge in [-0.3, -0.25) is 4.79 Å². The molecule has 408 valence electrons. The van der Waals surface area contributed by atoms with Crippen molar-refractivity contribution >= 4 is 5.91 Å². The van der Waals surface area contributed by atoms with Crippen LogP contribution in [0, 0.1) is 0 Å². The second kappa shape index (κ2) is 47.6. The molecule has 0 saturated carbocycles. The zero-order valence-corrected chi connectivity index (χ0v) is 44.6. The Labute approximate surface area is 423 Å². The molecule has 1 heterocycles. The minimum absolute atomic E-state index is 0.249. The highest BCUT2D eigenvalue weighted by Crippen LogP contribution is 2.23. The van der Waals surface area contributed by atoms with Crippen LogP contribution in [-0.2, 0) is 14.3 Å². The Morgan fingerprint density at radius 2 is 0.870 bits per heavy atom. The van der Waals surface area contributed by atoms with E-state index in [1.807, 2.05) is 0 Å². The molecule has 0 aromatic heterocycles. The van der Waals surface area contributed by atoms with Gasteiger partial charge in [-0.2, -0.15) is 0 Å². The van der Waals surface area contributed by atoms with Gasteiger partial charge in [0.1, 0.15) is 36.6 Å². The predicted octanol–water partition coefficient (Wildman–Crippen LogP) is 12.1. The van der Waals surface area contributed by atoms with E-state index >= 15 is 0 Å². The Morgan fingerprint density at radius 3 is 1.29 bits per heavy atom. The highest BCUT2D eigenvalue weighted by Gasteiger charge is 2.44. The van der Waals surface area contributed by atoms with Crippen LogP contribution in [0.5, 0.6) is 0 Å². The maximum Gasteiger partial charge on any atom is 0.249 e. The largest absolute Gasteiger partial charge is 0.394 e. The average molecular weight is 983 g/mol. The van der Waals surface area contributed by atoms with E-state index in [2.05, 4.69) is 43.5 Å². The van der Waals surface area contributed by atoms with Crippen LogP contribution in [0.4, 0.5) is 0 Å². The highest BCUT2D eigenvalue weighted by atomic mass is 16.7. The van der Waals surface area contributed by atoms with E-state index in [-0.39, 0.29) is 12.8 Å². The zero-order valence-electron chi connectivity index (χ0n) is 44.6. The summed E-state index contributed by atoms with van der Waals surface area (Å²) in [5.74, 6) is -0.708. The van der Waals surface area contributed by atoms with Crippen molar-refractivity contribution in [2.75, 3.05) is 13.2 Å². The lowest BCUT2D eigenvalue weighted by molar-refractivity contribution is -0.303. The van der Waals surface area contributed by atoms with Crippen LogP contribution in [0.15, 0.2) is 24.3 Å². The molecule has 0 aromatic rings. The van der Waals surface area contributed by atoms with Crippen LogP contribution in [0.1, 0.15) is 271 Å². The first-order valence-electron chi connectivity index (χ1n) is 29.2. The molecule has 1 saturated heterocycles. The Balaban J connectivity index is 2.28. The van der Waals surface area contributed by atoms with E-state index < -0.39 is 74.2 Å². The molecule has 1 fully saturated rings. The van der Waals surface area contributed by atoms with E-state index in [9.17, 15) is 40.5 Å². The van der Waals surface area contributed by atoms with E-state index in [4.69, 9.17) is 9.47 Å². The second-order valence-corrected chi connectivity index (χ2v) is 20.7. The number of allylic oxidation sites excluding steroid dienone is 4. The quantitative estimate of drug-likeness (QED) is 0.0215. The van der Waals surface area contributed by atoms with Gasteiger partial charge in [-0.25, -0.2) is 0 Å². The molecule has 9 atom stereocenters. The molecule has 1 amide bonds. The standard InChI is InChI=1S/C58H111NO10/c1-3-5-7-9-11-13-15-17-18-19-20-21-22-23-24-25-26-27-28-29-30-31-32-34-35-37-39-41-43-45-50(61)53(63)49(48-68-58-56(66)55(65)54(64)52(47-60)69-58)59-57(67)51(62)46-44-42-40-38-36-33-16-14-12-10-8-6-4-2/h31-32,37,39,49-56,58,60-66H,3-30,33-36,38,40-48H2,1-2H3,(H,59,67)/b32-31+,39-37+. The fourth-order valence-electron chi connectivity index (χ4n) is 9.46. The number of rotatable bonds is 50. The Kier molecular flexibility index (Phi) is 45.2. The Hall–Kier alpha value is -1.41. The molecule has 0 aromatic carbocycles. The number of aliphatic hydroxyl groups is 7. The molecular weight excluding hydrogens is 871 g/mol. The van der Waals surface area contributed by atoms with Crippen molar-refractivity contribution in [3.8, 4) is 0 Å². The summed E-state index contributed by atoms with van der Waals surface area (Å²) in [7, 11) is 0. The average Bonchev–Trinajstić information content (AvgIpc) is 3.35. The van der Waals surface area contributed by atoms with Crippen molar-refractivity contribution in [1.82, 2.24) is 5.32 Å². The summed E-state index contributed by atoms with van der Waals surface area (Å²) in [6.07, 6.45) is 45.4. The number of amides is 1. The Bertz CT molecular complexity index is 1170. The lowest BCUT2D eigenvalue weighted by atomic mass is 9.98. The number of carbonyl (C=O) groups is 1. The van der Waals surface area contributed by atoms with Crippen molar-refractivity contribution in [2.24, 2.45) is 0 Å². The number of unbranched alkanes of at least 4 members (excludes halogenated alkanes) is 34. The molecule has 0 spiro atoms. The lowest BCUT2D eigenvalue weighted by Crippen LogP contribution is -2.60. The number of ether oxygens (including phenoxy) is 2. The van der Waals surface area contributed by atoms with Crippen LogP contribution in [-0.4, -0.2) is 110 Å². The first-order valence-corrected chi connectivity index (χ1v) is 29.2. The first-order chi connectivity index (χ1) is 33.7. The van der Waals surface area contributed by atoms with Crippen molar-refractivity contribution in [2.45, 2.75) is 326 Å². The molecule has 11 nitrogen and oxygen atoms in total. The van der Waals surface area contributed by atoms with E-state index in [1.165, 1.54) is 186 Å². The fraction of sp³-hybridized carbons (Fsp3) is 0.914. The summed E-state index contributed by atoms with van der Waals surface area (Å²) in [5.41, 5.74) is 0. The molecule has 0 bridgehead atoms. The van der Waals surface area contributed by atoms with E-state index in [1.54, 1.807) is 0 Å². The number of aliphatic hydroxyl groups excluding tert-OH is 7. The van der Waals surface area contributed by atoms with Crippen LogP contribution >= 0.6 is 0 Å². The molecular formula is C58H111NO10. The number of carbonyl (C=O) groups excluding carboxylic acids is 1. The molecule has 8 N–H and O–H groups in total. The van der Waals surface area contributed by atoms with Gasteiger partial charge >= 0.3 is 0 Å². The van der Waals surface area contributed by atoms with E-state index in [0.29, 0.717) is 19.3 Å². The molecule has 1 aliphatic heterocycles. The van der Waals surface area contributed by atoms with Gasteiger partial charge in [0, 0.05) is 0 Å². The normalized spacial score (nSPS) is 20.5. The molecule has 1 aliphatic rings. The van der Waals surface area contributed by atoms with Gasteiger partial charge in [0.15, 0.2) is 6.29 Å². The van der Waals surface area contributed by atoms with Gasteiger partial charge in [-0.05, 0) is 51.4 Å². The summed E-state index contributed by atoms with van der Waals surface area (Å²) in [5, 5.41) is 76.0. The van der Waals surface area contributed by atoms with Crippen molar-refractivity contribution in [3.05, 3.63) is 24.3 Å². The molecule has 9 unspecified atom stereocenters.